The van der Waals surface area contributed by atoms with Crippen molar-refractivity contribution in [2.75, 3.05) is 0 Å². The predicted octanol–water partition coefficient (Wildman–Crippen LogP) is 4.12. The average molecular weight is 264 g/mol. The Morgan fingerprint density at radius 3 is 2.50 bits per heavy atom. The van der Waals surface area contributed by atoms with E-state index < -0.39 is 0 Å². The summed E-state index contributed by atoms with van der Waals surface area (Å²) in [7, 11) is 0. The molecule has 0 saturated carbocycles. The number of fused-ring (bicyclic) bond motifs is 1. The maximum absolute atomic E-state index is 10.8. The van der Waals surface area contributed by atoms with Gasteiger partial charge in [-0.1, -0.05) is 30.3 Å². The smallest absolute Gasteiger partial charge is 0.258 e. The maximum atomic E-state index is 10.8. The second-order valence-corrected chi connectivity index (χ2v) is 4.65. The van der Waals surface area contributed by atoms with Crippen molar-refractivity contribution in [1.82, 2.24) is 4.98 Å². The van der Waals surface area contributed by atoms with Gasteiger partial charge in [0.15, 0.2) is 0 Å². The van der Waals surface area contributed by atoms with Crippen molar-refractivity contribution in [2.24, 2.45) is 0 Å². The van der Waals surface area contributed by atoms with E-state index in [0.29, 0.717) is 0 Å². The van der Waals surface area contributed by atoms with Crippen LogP contribution < -0.4 is 0 Å². The van der Waals surface area contributed by atoms with Gasteiger partial charge in [-0.2, -0.15) is 0 Å². The summed E-state index contributed by atoms with van der Waals surface area (Å²) in [6.07, 6.45) is 0. The van der Waals surface area contributed by atoms with Crippen LogP contribution in [-0.2, 0) is 0 Å². The Morgan fingerprint density at radius 1 is 1.05 bits per heavy atom. The minimum Gasteiger partial charge on any atom is -0.258 e. The number of nitro benzene ring substituents is 1. The molecule has 4 nitrogen and oxygen atoms in total. The molecule has 0 aliphatic heterocycles. The molecule has 0 aliphatic rings. The van der Waals surface area contributed by atoms with Gasteiger partial charge in [-0.05, 0) is 24.6 Å². The monoisotopic (exact) mass is 264 g/mol. The number of hydrogen-bond acceptors (Lipinski definition) is 3. The van der Waals surface area contributed by atoms with Gasteiger partial charge in [0.05, 0.1) is 16.1 Å². The van der Waals surface area contributed by atoms with Crippen LogP contribution in [0, 0.1) is 17.0 Å². The number of hydrogen-bond donors (Lipinski definition) is 0. The van der Waals surface area contributed by atoms with Crippen LogP contribution in [0.4, 0.5) is 5.69 Å². The molecule has 2 aromatic carbocycles. The highest BCUT2D eigenvalue weighted by Crippen LogP contribution is 2.26. The largest absolute Gasteiger partial charge is 0.270 e. The number of benzene rings is 2. The van der Waals surface area contributed by atoms with Crippen molar-refractivity contribution in [2.45, 2.75) is 6.92 Å². The molecule has 3 aromatic rings. The number of nitro groups is 1. The topological polar surface area (TPSA) is 56.0 Å². The summed E-state index contributed by atoms with van der Waals surface area (Å²) in [6.45, 7) is 1.94. The summed E-state index contributed by atoms with van der Waals surface area (Å²) < 4.78 is 0. The van der Waals surface area contributed by atoms with Crippen molar-refractivity contribution < 1.29 is 4.92 Å². The summed E-state index contributed by atoms with van der Waals surface area (Å²) in [4.78, 5) is 15.0. The lowest BCUT2D eigenvalue weighted by Crippen LogP contribution is -1.92. The number of nitrogens with zero attached hydrogens (tertiary/aromatic N) is 2. The lowest BCUT2D eigenvalue weighted by molar-refractivity contribution is -0.384. The first kappa shape index (κ1) is 12.3. The molecule has 0 aliphatic carbocycles. The number of rotatable bonds is 2. The Bertz CT molecular complexity index is 798. The third kappa shape index (κ3) is 2.12. The minimum atomic E-state index is -0.385. The highest BCUT2D eigenvalue weighted by molar-refractivity contribution is 5.86. The van der Waals surface area contributed by atoms with Crippen LogP contribution in [0.25, 0.3) is 22.2 Å². The number of aromatic nitrogens is 1. The SMILES string of the molecule is Cc1cc(-c2ccccc2)nc2ccc([N+](=O)[O-])cc12. The molecule has 0 radical (unpaired) electrons. The third-order valence-corrected chi connectivity index (χ3v) is 3.28. The number of aryl methyl sites for hydroxylation is 1. The first-order valence-electron chi connectivity index (χ1n) is 6.26. The molecular formula is C16H12N2O2. The van der Waals surface area contributed by atoms with Crippen molar-refractivity contribution in [3.63, 3.8) is 0 Å². The van der Waals surface area contributed by atoms with Gasteiger partial charge in [0.2, 0.25) is 0 Å². The van der Waals surface area contributed by atoms with Crippen LogP contribution in [0.5, 0.6) is 0 Å². The van der Waals surface area contributed by atoms with E-state index in [4.69, 9.17) is 0 Å². The molecule has 0 bridgehead atoms. The molecule has 4 heteroatoms. The zero-order chi connectivity index (χ0) is 14.1. The van der Waals surface area contributed by atoms with Gasteiger partial charge >= 0.3 is 0 Å². The van der Waals surface area contributed by atoms with Crippen LogP contribution in [0.1, 0.15) is 5.56 Å². The van der Waals surface area contributed by atoms with Crippen LogP contribution in [-0.4, -0.2) is 9.91 Å². The van der Waals surface area contributed by atoms with Gasteiger partial charge in [0.25, 0.3) is 5.69 Å². The van der Waals surface area contributed by atoms with Gasteiger partial charge < -0.3 is 0 Å². The molecular weight excluding hydrogens is 252 g/mol. The van der Waals surface area contributed by atoms with Crippen LogP contribution in [0.3, 0.4) is 0 Å². The maximum Gasteiger partial charge on any atom is 0.270 e. The van der Waals surface area contributed by atoms with E-state index in [-0.39, 0.29) is 10.6 Å². The van der Waals surface area contributed by atoms with Crippen LogP contribution in [0.2, 0.25) is 0 Å². The molecule has 0 saturated heterocycles. The fraction of sp³-hybridized carbons (Fsp3) is 0.0625. The second kappa shape index (κ2) is 4.74. The van der Waals surface area contributed by atoms with Crippen molar-refractivity contribution in [3.05, 3.63) is 70.3 Å². The summed E-state index contributed by atoms with van der Waals surface area (Å²) in [5.74, 6) is 0. The van der Waals surface area contributed by atoms with E-state index in [9.17, 15) is 10.1 Å². The lowest BCUT2D eigenvalue weighted by atomic mass is 10.0. The van der Waals surface area contributed by atoms with E-state index in [1.807, 2.05) is 43.3 Å². The summed E-state index contributed by atoms with van der Waals surface area (Å²) in [5.41, 5.74) is 3.77. The molecule has 0 amide bonds. The normalized spacial score (nSPS) is 10.7. The fourth-order valence-corrected chi connectivity index (χ4v) is 2.25. The Balaban J connectivity index is 2.21. The zero-order valence-electron chi connectivity index (χ0n) is 10.9. The van der Waals surface area contributed by atoms with Gasteiger partial charge in [0.1, 0.15) is 0 Å². The zero-order valence-corrected chi connectivity index (χ0v) is 10.9. The van der Waals surface area contributed by atoms with E-state index in [0.717, 1.165) is 27.7 Å². The van der Waals surface area contributed by atoms with Crippen molar-refractivity contribution in [1.29, 1.82) is 0 Å². The average Bonchev–Trinajstić information content (AvgIpc) is 2.47. The second-order valence-electron chi connectivity index (χ2n) is 4.65. The van der Waals surface area contributed by atoms with E-state index in [1.165, 1.54) is 6.07 Å². The molecule has 0 atom stereocenters. The Labute approximate surface area is 115 Å². The van der Waals surface area contributed by atoms with Crippen LogP contribution >= 0.6 is 0 Å². The Hall–Kier alpha value is -2.75. The highest BCUT2D eigenvalue weighted by atomic mass is 16.6. The van der Waals surface area contributed by atoms with E-state index >= 15 is 0 Å². The standard InChI is InChI=1S/C16H12N2O2/c1-11-9-16(12-5-3-2-4-6-12)17-15-8-7-13(18(19)20)10-14(11)15/h2-10H,1H3. The number of pyridine rings is 1. The summed E-state index contributed by atoms with van der Waals surface area (Å²) in [5, 5.41) is 11.6. The molecule has 0 fully saturated rings. The summed E-state index contributed by atoms with van der Waals surface area (Å²) in [6, 6.07) is 16.6. The van der Waals surface area contributed by atoms with Crippen molar-refractivity contribution >= 4 is 16.6 Å². The molecule has 0 N–H and O–H groups in total. The first-order valence-corrected chi connectivity index (χ1v) is 6.26. The third-order valence-electron chi connectivity index (χ3n) is 3.28. The number of non-ortho nitro benzene ring substituents is 1. The lowest BCUT2D eigenvalue weighted by Gasteiger charge is -2.06. The Morgan fingerprint density at radius 2 is 1.80 bits per heavy atom. The molecule has 3 rings (SSSR count). The minimum absolute atomic E-state index is 0.0925. The highest BCUT2D eigenvalue weighted by Gasteiger charge is 2.10. The Kier molecular flexibility index (Phi) is 2.91. The molecule has 20 heavy (non-hydrogen) atoms. The molecule has 0 unspecified atom stereocenters. The molecule has 98 valence electrons. The van der Waals surface area contributed by atoms with E-state index in [2.05, 4.69) is 4.98 Å². The molecule has 1 aromatic heterocycles. The predicted molar refractivity (Wildman–Crippen MR) is 78.6 cm³/mol. The van der Waals surface area contributed by atoms with Gasteiger partial charge in [-0.3, -0.25) is 10.1 Å². The van der Waals surface area contributed by atoms with Gasteiger partial charge in [-0.25, -0.2) is 4.98 Å². The van der Waals surface area contributed by atoms with Gasteiger partial charge in [0, 0.05) is 23.1 Å². The van der Waals surface area contributed by atoms with Crippen molar-refractivity contribution in [3.8, 4) is 11.3 Å². The molecule has 1 heterocycles. The van der Waals surface area contributed by atoms with Crippen LogP contribution in [0.15, 0.2) is 54.6 Å². The summed E-state index contributed by atoms with van der Waals surface area (Å²) >= 11 is 0. The fourth-order valence-electron chi connectivity index (χ4n) is 2.25. The quantitative estimate of drug-likeness (QED) is 0.516. The first-order chi connectivity index (χ1) is 9.65. The molecule has 0 spiro atoms. The van der Waals surface area contributed by atoms with E-state index in [1.54, 1.807) is 12.1 Å². The van der Waals surface area contributed by atoms with Gasteiger partial charge in [-0.15, -0.1) is 0 Å².